The molecule has 1 aromatic carbocycles. The molecule has 128 valence electrons. The lowest BCUT2D eigenvalue weighted by atomic mass is 9.98. The molecule has 0 spiro atoms. The highest BCUT2D eigenvalue weighted by Crippen LogP contribution is 2.53. The van der Waals surface area contributed by atoms with Crippen molar-refractivity contribution in [3.63, 3.8) is 0 Å². The molecule has 0 aromatic heterocycles. The molecule has 2 aliphatic carbocycles. The van der Waals surface area contributed by atoms with E-state index in [4.69, 9.17) is 9.47 Å². The number of allylic oxidation sites excluding steroid dienone is 1. The normalized spacial score (nSPS) is 25.8. The van der Waals surface area contributed by atoms with E-state index in [9.17, 15) is 14.9 Å². The van der Waals surface area contributed by atoms with Gasteiger partial charge in [0.05, 0.1) is 11.5 Å². The Bertz CT molecular complexity index is 639. The van der Waals surface area contributed by atoms with Crippen LogP contribution in [0.1, 0.15) is 32.1 Å². The first-order valence-electron chi connectivity index (χ1n) is 8.30. The Morgan fingerprint density at radius 1 is 1.21 bits per heavy atom. The van der Waals surface area contributed by atoms with E-state index in [0.29, 0.717) is 24.4 Å². The summed E-state index contributed by atoms with van der Waals surface area (Å²) in [6.45, 7) is 4.47. The zero-order chi connectivity index (χ0) is 17.1. The van der Waals surface area contributed by atoms with Crippen LogP contribution in [0.25, 0.3) is 0 Å². The second-order valence-electron chi connectivity index (χ2n) is 6.59. The molecule has 6 nitrogen and oxygen atoms in total. The number of nitro benzene ring substituents is 1. The SMILES string of the molecule is C=C1CCC[C@@H]2[C@H](CC1)[C@@H]2COC(=O)Oc1ccc([N+](=O)[O-])cc1. The van der Waals surface area contributed by atoms with Crippen molar-refractivity contribution in [3.05, 3.63) is 46.5 Å². The van der Waals surface area contributed by atoms with E-state index in [2.05, 4.69) is 6.58 Å². The van der Waals surface area contributed by atoms with Crippen molar-refractivity contribution in [1.29, 1.82) is 0 Å². The van der Waals surface area contributed by atoms with E-state index in [1.165, 1.54) is 42.7 Å². The number of hydrogen-bond donors (Lipinski definition) is 0. The zero-order valence-corrected chi connectivity index (χ0v) is 13.5. The van der Waals surface area contributed by atoms with Crippen molar-refractivity contribution >= 4 is 11.8 Å². The van der Waals surface area contributed by atoms with Crippen molar-refractivity contribution in [1.82, 2.24) is 0 Å². The Hall–Kier alpha value is -2.37. The number of carbonyl (C=O) groups is 1. The second-order valence-corrected chi connectivity index (χ2v) is 6.59. The van der Waals surface area contributed by atoms with Gasteiger partial charge in [-0.25, -0.2) is 4.79 Å². The first kappa shape index (κ1) is 16.5. The van der Waals surface area contributed by atoms with Crippen LogP contribution in [0.3, 0.4) is 0 Å². The van der Waals surface area contributed by atoms with Gasteiger partial charge in [-0.05, 0) is 62.0 Å². The fourth-order valence-electron chi connectivity index (χ4n) is 3.64. The van der Waals surface area contributed by atoms with E-state index in [-0.39, 0.29) is 11.4 Å². The standard InChI is InChI=1S/C18H21NO5/c1-12-3-2-4-15-16(10-5-12)17(15)11-23-18(20)24-14-8-6-13(7-9-14)19(21)22/h6-9,15-17H,1-5,10-11H2/t15-,16+,17-/m1/s1. The minimum Gasteiger partial charge on any atom is -0.434 e. The van der Waals surface area contributed by atoms with Crippen molar-refractivity contribution in [2.75, 3.05) is 6.61 Å². The number of ether oxygens (including phenoxy) is 2. The number of carbonyl (C=O) groups excluding carboxylic acids is 1. The van der Waals surface area contributed by atoms with Crippen LogP contribution in [-0.2, 0) is 4.74 Å². The molecule has 3 atom stereocenters. The van der Waals surface area contributed by atoms with Crippen LogP contribution in [0.5, 0.6) is 5.75 Å². The highest BCUT2D eigenvalue weighted by Gasteiger charge is 2.49. The molecule has 0 N–H and O–H groups in total. The van der Waals surface area contributed by atoms with E-state index in [1.807, 2.05) is 0 Å². The molecule has 2 aliphatic rings. The van der Waals surface area contributed by atoms with Gasteiger partial charge in [-0.2, -0.15) is 0 Å². The first-order valence-corrected chi connectivity index (χ1v) is 8.30. The van der Waals surface area contributed by atoms with Gasteiger partial charge in [-0.3, -0.25) is 10.1 Å². The van der Waals surface area contributed by atoms with Gasteiger partial charge in [0, 0.05) is 12.1 Å². The minimum absolute atomic E-state index is 0.0495. The van der Waals surface area contributed by atoms with Gasteiger partial charge >= 0.3 is 6.16 Å². The summed E-state index contributed by atoms with van der Waals surface area (Å²) >= 11 is 0. The third-order valence-corrected chi connectivity index (χ3v) is 5.05. The van der Waals surface area contributed by atoms with Gasteiger partial charge in [0.1, 0.15) is 5.75 Å². The summed E-state index contributed by atoms with van der Waals surface area (Å²) in [6, 6.07) is 5.35. The Morgan fingerprint density at radius 3 is 2.62 bits per heavy atom. The van der Waals surface area contributed by atoms with Crippen LogP contribution >= 0.6 is 0 Å². The number of rotatable bonds is 4. The maximum absolute atomic E-state index is 11.8. The van der Waals surface area contributed by atoms with Gasteiger partial charge in [0.25, 0.3) is 5.69 Å². The van der Waals surface area contributed by atoms with Crippen LogP contribution in [0, 0.1) is 27.9 Å². The maximum atomic E-state index is 11.8. The molecule has 0 amide bonds. The molecule has 2 saturated carbocycles. The van der Waals surface area contributed by atoms with Crippen molar-refractivity contribution < 1.29 is 19.2 Å². The number of nitrogens with zero attached hydrogens (tertiary/aromatic N) is 1. The summed E-state index contributed by atoms with van der Waals surface area (Å²) in [5.41, 5.74) is 1.28. The predicted molar refractivity (Wildman–Crippen MR) is 87.8 cm³/mol. The molecule has 0 heterocycles. The zero-order valence-electron chi connectivity index (χ0n) is 13.5. The van der Waals surface area contributed by atoms with Crippen molar-refractivity contribution in [3.8, 4) is 5.75 Å². The molecule has 0 radical (unpaired) electrons. The quantitative estimate of drug-likeness (QED) is 0.267. The topological polar surface area (TPSA) is 78.7 Å². The summed E-state index contributed by atoms with van der Waals surface area (Å²) < 4.78 is 10.3. The smallest absolute Gasteiger partial charge is 0.434 e. The molecular formula is C18H21NO5. The van der Waals surface area contributed by atoms with Gasteiger partial charge in [-0.1, -0.05) is 12.2 Å². The molecule has 0 aliphatic heterocycles. The van der Waals surface area contributed by atoms with Crippen molar-refractivity contribution in [2.45, 2.75) is 32.1 Å². The lowest BCUT2D eigenvalue weighted by Crippen LogP contribution is -2.13. The Balaban J connectivity index is 1.44. The number of non-ortho nitro benzene ring substituents is 1. The largest absolute Gasteiger partial charge is 0.513 e. The average molecular weight is 331 g/mol. The predicted octanol–water partition coefficient (Wildman–Crippen LogP) is 4.49. The molecule has 0 saturated heterocycles. The lowest BCUT2D eigenvalue weighted by molar-refractivity contribution is -0.384. The lowest BCUT2D eigenvalue weighted by Gasteiger charge is -2.08. The second kappa shape index (κ2) is 7.03. The molecule has 24 heavy (non-hydrogen) atoms. The van der Waals surface area contributed by atoms with Crippen LogP contribution in [-0.4, -0.2) is 17.7 Å². The van der Waals surface area contributed by atoms with Crippen molar-refractivity contribution in [2.24, 2.45) is 17.8 Å². The highest BCUT2D eigenvalue weighted by molar-refractivity contribution is 5.64. The molecule has 1 aromatic rings. The van der Waals surface area contributed by atoms with Crippen LogP contribution in [0.2, 0.25) is 0 Å². The molecule has 0 bridgehead atoms. The number of benzene rings is 1. The third-order valence-electron chi connectivity index (χ3n) is 5.05. The molecule has 6 heteroatoms. The number of fused-ring (bicyclic) bond motifs is 1. The van der Waals surface area contributed by atoms with Gasteiger partial charge < -0.3 is 9.47 Å². The Kier molecular flexibility index (Phi) is 4.83. The number of hydrogen-bond acceptors (Lipinski definition) is 5. The van der Waals surface area contributed by atoms with Gasteiger partial charge in [-0.15, -0.1) is 0 Å². The monoisotopic (exact) mass is 331 g/mol. The minimum atomic E-state index is -0.757. The van der Waals surface area contributed by atoms with Crippen LogP contribution in [0.4, 0.5) is 10.5 Å². The fourth-order valence-corrected chi connectivity index (χ4v) is 3.64. The van der Waals surface area contributed by atoms with E-state index in [0.717, 1.165) is 19.3 Å². The highest BCUT2D eigenvalue weighted by atomic mass is 16.7. The average Bonchev–Trinajstić information content (AvgIpc) is 3.20. The fraction of sp³-hybridized carbons (Fsp3) is 0.500. The maximum Gasteiger partial charge on any atom is 0.513 e. The summed E-state index contributed by atoms with van der Waals surface area (Å²) in [5, 5.41) is 10.6. The molecular weight excluding hydrogens is 310 g/mol. The molecule has 3 rings (SSSR count). The summed E-state index contributed by atoms with van der Waals surface area (Å²) in [5.74, 6) is 1.96. The van der Waals surface area contributed by atoms with Crippen LogP contribution < -0.4 is 4.74 Å². The number of nitro groups is 1. The van der Waals surface area contributed by atoms with E-state index < -0.39 is 11.1 Å². The Labute approximate surface area is 140 Å². The summed E-state index contributed by atoms with van der Waals surface area (Å²) in [6.07, 6.45) is 4.91. The van der Waals surface area contributed by atoms with Crippen LogP contribution in [0.15, 0.2) is 36.4 Å². The molecule has 0 unspecified atom stereocenters. The van der Waals surface area contributed by atoms with E-state index in [1.54, 1.807) is 0 Å². The third kappa shape index (κ3) is 3.93. The summed E-state index contributed by atoms with van der Waals surface area (Å²) in [4.78, 5) is 21.8. The first-order chi connectivity index (χ1) is 11.5. The van der Waals surface area contributed by atoms with E-state index >= 15 is 0 Å². The summed E-state index contributed by atoms with van der Waals surface area (Å²) in [7, 11) is 0. The van der Waals surface area contributed by atoms with Gasteiger partial charge in [0.15, 0.2) is 0 Å². The molecule has 2 fully saturated rings. The van der Waals surface area contributed by atoms with Gasteiger partial charge in [0.2, 0.25) is 0 Å². The Morgan fingerprint density at radius 2 is 1.92 bits per heavy atom.